The number of allylic oxidation sites excluding steroid dienone is 1. The van der Waals surface area contributed by atoms with Crippen LogP contribution in [0, 0.1) is 5.41 Å². The largest absolute Gasteiger partial charge is 0.508 e. The number of aliphatic hydroxyl groups excluding tert-OH is 1. The molecule has 2 aliphatic rings. The summed E-state index contributed by atoms with van der Waals surface area (Å²) in [5.41, 5.74) is -0.987. The average molecular weight is 182 g/mol. The molecule has 3 heteroatoms. The van der Waals surface area contributed by atoms with Crippen molar-refractivity contribution in [3.05, 3.63) is 24.0 Å². The number of hydrogen-bond acceptors (Lipinski definition) is 3. The third kappa shape index (κ3) is 0.914. The molecule has 3 nitrogen and oxygen atoms in total. The lowest BCUT2D eigenvalue weighted by atomic mass is 9.75. The van der Waals surface area contributed by atoms with E-state index in [2.05, 4.69) is 0 Å². The average Bonchev–Trinajstić information content (AvgIpc) is 2.55. The summed E-state index contributed by atoms with van der Waals surface area (Å²) in [5, 5.41) is 19.2. The van der Waals surface area contributed by atoms with Crippen molar-refractivity contribution in [2.24, 2.45) is 5.41 Å². The Morgan fingerprint density at radius 2 is 2.00 bits per heavy atom. The summed E-state index contributed by atoms with van der Waals surface area (Å²) in [5.74, 6) is -1.06. The summed E-state index contributed by atoms with van der Waals surface area (Å²) in [4.78, 5) is 0. The maximum Gasteiger partial charge on any atom is 0.221 e. The van der Waals surface area contributed by atoms with Gasteiger partial charge in [0.05, 0.1) is 0 Å². The monoisotopic (exact) mass is 182 g/mol. The molecule has 1 aliphatic heterocycles. The summed E-state index contributed by atoms with van der Waals surface area (Å²) < 4.78 is 5.32. The Morgan fingerprint density at radius 3 is 2.46 bits per heavy atom. The van der Waals surface area contributed by atoms with Gasteiger partial charge in [-0.3, -0.25) is 0 Å². The van der Waals surface area contributed by atoms with E-state index in [1.54, 1.807) is 6.08 Å². The molecule has 0 amide bonds. The molecule has 0 aromatic heterocycles. The minimum Gasteiger partial charge on any atom is -0.508 e. The highest BCUT2D eigenvalue weighted by atomic mass is 16.8. The SMILES string of the molecule is CC(C)(C)C12C=C(O)C=CC1(O)O2. The van der Waals surface area contributed by atoms with E-state index in [0.717, 1.165) is 0 Å². The fraction of sp³-hybridized carbons (Fsp3) is 0.600. The van der Waals surface area contributed by atoms with Crippen molar-refractivity contribution in [3.63, 3.8) is 0 Å². The van der Waals surface area contributed by atoms with Crippen LogP contribution in [-0.2, 0) is 4.74 Å². The predicted octanol–water partition coefficient (Wildman–Crippen LogP) is 1.50. The van der Waals surface area contributed by atoms with Crippen molar-refractivity contribution in [2.75, 3.05) is 0 Å². The van der Waals surface area contributed by atoms with Gasteiger partial charge in [0.15, 0.2) is 5.60 Å². The van der Waals surface area contributed by atoms with Gasteiger partial charge < -0.3 is 14.9 Å². The first-order valence-electron chi connectivity index (χ1n) is 4.34. The van der Waals surface area contributed by atoms with Gasteiger partial charge in [0, 0.05) is 5.41 Å². The van der Waals surface area contributed by atoms with Crippen LogP contribution in [0.1, 0.15) is 20.8 Å². The van der Waals surface area contributed by atoms with Crippen molar-refractivity contribution in [2.45, 2.75) is 32.2 Å². The molecule has 0 bridgehead atoms. The van der Waals surface area contributed by atoms with Crippen molar-refractivity contribution in [1.82, 2.24) is 0 Å². The zero-order valence-corrected chi connectivity index (χ0v) is 8.03. The van der Waals surface area contributed by atoms with E-state index in [9.17, 15) is 10.2 Å². The van der Waals surface area contributed by atoms with Gasteiger partial charge in [-0.15, -0.1) is 0 Å². The second-order valence-electron chi connectivity index (χ2n) is 4.69. The lowest BCUT2D eigenvalue weighted by molar-refractivity contribution is 0.0822. The van der Waals surface area contributed by atoms with Crippen molar-refractivity contribution >= 4 is 0 Å². The van der Waals surface area contributed by atoms with E-state index < -0.39 is 11.4 Å². The zero-order chi connectivity index (χ0) is 9.91. The quantitative estimate of drug-likeness (QED) is 0.558. The van der Waals surface area contributed by atoms with Crippen LogP contribution in [0.4, 0.5) is 0 Å². The zero-order valence-electron chi connectivity index (χ0n) is 8.03. The van der Waals surface area contributed by atoms with Crippen LogP contribution < -0.4 is 0 Å². The molecule has 2 N–H and O–H groups in total. The summed E-state index contributed by atoms with van der Waals surface area (Å²) in [6.45, 7) is 5.90. The highest BCUT2D eigenvalue weighted by Crippen LogP contribution is 2.60. The van der Waals surface area contributed by atoms with Crippen LogP contribution in [0.25, 0.3) is 0 Å². The van der Waals surface area contributed by atoms with Crippen LogP contribution >= 0.6 is 0 Å². The van der Waals surface area contributed by atoms with Gasteiger partial charge in [0.25, 0.3) is 0 Å². The first-order valence-corrected chi connectivity index (χ1v) is 4.34. The normalized spacial score (nSPS) is 42.6. The van der Waals surface area contributed by atoms with Crippen LogP contribution in [0.2, 0.25) is 0 Å². The van der Waals surface area contributed by atoms with Gasteiger partial charge in [-0.25, -0.2) is 0 Å². The summed E-state index contributed by atoms with van der Waals surface area (Å²) >= 11 is 0. The van der Waals surface area contributed by atoms with Gasteiger partial charge in [-0.05, 0) is 18.2 Å². The minimum atomic E-state index is -1.21. The van der Waals surface area contributed by atoms with E-state index in [4.69, 9.17) is 4.74 Å². The van der Waals surface area contributed by atoms with Crippen molar-refractivity contribution in [3.8, 4) is 0 Å². The topological polar surface area (TPSA) is 53.0 Å². The highest BCUT2D eigenvalue weighted by Gasteiger charge is 2.73. The molecule has 2 rings (SSSR count). The van der Waals surface area contributed by atoms with Crippen molar-refractivity contribution < 1.29 is 14.9 Å². The molecule has 2 atom stereocenters. The van der Waals surface area contributed by atoms with Crippen LogP contribution in [0.3, 0.4) is 0 Å². The molecule has 2 unspecified atom stereocenters. The van der Waals surface area contributed by atoms with Gasteiger partial charge in [0.1, 0.15) is 5.76 Å². The molecule has 0 aromatic rings. The van der Waals surface area contributed by atoms with Crippen LogP contribution in [0.15, 0.2) is 24.0 Å². The van der Waals surface area contributed by atoms with E-state index >= 15 is 0 Å². The second kappa shape index (κ2) is 1.99. The molecular formula is C10H14O3. The number of epoxide rings is 1. The maximum atomic E-state index is 9.89. The Hall–Kier alpha value is -0.800. The third-order valence-electron chi connectivity index (χ3n) is 2.75. The number of fused-ring (bicyclic) bond motifs is 1. The molecule has 0 radical (unpaired) electrons. The molecule has 1 aliphatic carbocycles. The van der Waals surface area contributed by atoms with E-state index in [-0.39, 0.29) is 11.2 Å². The summed E-state index contributed by atoms with van der Waals surface area (Å²) in [6, 6.07) is 0. The van der Waals surface area contributed by atoms with E-state index in [1.807, 2.05) is 20.8 Å². The first kappa shape index (κ1) is 8.78. The third-order valence-corrected chi connectivity index (χ3v) is 2.75. The summed E-state index contributed by atoms with van der Waals surface area (Å²) in [7, 11) is 0. The van der Waals surface area contributed by atoms with E-state index in [1.165, 1.54) is 12.2 Å². The van der Waals surface area contributed by atoms with Gasteiger partial charge in [0.2, 0.25) is 5.79 Å². The Bertz CT molecular complexity index is 311. The predicted molar refractivity (Wildman–Crippen MR) is 48.1 cm³/mol. The molecule has 0 aromatic carbocycles. The summed E-state index contributed by atoms with van der Waals surface area (Å²) in [6.07, 6.45) is 4.53. The molecule has 1 heterocycles. The van der Waals surface area contributed by atoms with E-state index in [0.29, 0.717) is 0 Å². The van der Waals surface area contributed by atoms with Gasteiger partial charge >= 0.3 is 0 Å². The lowest BCUT2D eigenvalue weighted by Crippen LogP contribution is -2.37. The Kier molecular flexibility index (Phi) is 1.34. The first-order chi connectivity index (χ1) is 5.81. The molecule has 1 saturated heterocycles. The van der Waals surface area contributed by atoms with Gasteiger partial charge in [-0.2, -0.15) is 0 Å². The van der Waals surface area contributed by atoms with Gasteiger partial charge in [-0.1, -0.05) is 20.8 Å². The highest BCUT2D eigenvalue weighted by molar-refractivity contribution is 5.40. The number of ether oxygens (including phenoxy) is 1. The lowest BCUT2D eigenvalue weighted by Gasteiger charge is -2.27. The van der Waals surface area contributed by atoms with Crippen molar-refractivity contribution in [1.29, 1.82) is 0 Å². The Morgan fingerprint density at radius 1 is 1.38 bits per heavy atom. The Labute approximate surface area is 77.3 Å². The number of aliphatic hydroxyl groups is 2. The van der Waals surface area contributed by atoms with Crippen LogP contribution in [-0.4, -0.2) is 21.6 Å². The smallest absolute Gasteiger partial charge is 0.221 e. The molecule has 72 valence electrons. The maximum absolute atomic E-state index is 9.89. The van der Waals surface area contributed by atoms with Crippen LogP contribution in [0.5, 0.6) is 0 Å². The number of hydrogen-bond donors (Lipinski definition) is 2. The molecule has 13 heavy (non-hydrogen) atoms. The standard InChI is InChI=1S/C10H14O3/c1-8(2,3)9-6-7(11)4-5-10(9,12)13-9/h4-6,11-12H,1-3H3. The minimum absolute atomic E-state index is 0.150. The number of rotatable bonds is 0. The fourth-order valence-corrected chi connectivity index (χ4v) is 1.87. The molecular weight excluding hydrogens is 168 g/mol. The Balaban J connectivity index is 2.44. The molecule has 0 saturated carbocycles. The molecule has 1 fully saturated rings. The molecule has 0 spiro atoms. The fourth-order valence-electron chi connectivity index (χ4n) is 1.87. The second-order valence-corrected chi connectivity index (χ2v) is 4.69.